The van der Waals surface area contributed by atoms with Crippen LogP contribution in [0, 0.1) is 17.3 Å². The van der Waals surface area contributed by atoms with Crippen molar-refractivity contribution in [1.82, 2.24) is 4.90 Å². The van der Waals surface area contributed by atoms with E-state index in [2.05, 4.69) is 6.92 Å². The molecule has 2 heterocycles. The lowest BCUT2D eigenvalue weighted by Crippen LogP contribution is -2.65. The van der Waals surface area contributed by atoms with E-state index in [0.29, 0.717) is 11.8 Å². The predicted octanol–water partition coefficient (Wildman–Crippen LogP) is 2.30. The molecule has 1 aromatic rings. The van der Waals surface area contributed by atoms with E-state index in [-0.39, 0.29) is 17.2 Å². The summed E-state index contributed by atoms with van der Waals surface area (Å²) in [6.45, 7) is 4.44. The highest BCUT2D eigenvalue weighted by Gasteiger charge is 2.54. The third kappa shape index (κ3) is 2.04. The first kappa shape index (κ1) is 13.8. The van der Waals surface area contributed by atoms with E-state index in [1.165, 1.54) is 0 Å². The summed E-state index contributed by atoms with van der Waals surface area (Å²) in [6, 6.07) is 9.86. The molecular weight excluding hydrogens is 276 g/mol. The molecule has 2 atom stereocenters. The lowest BCUT2D eigenvalue weighted by atomic mass is 9.70. The van der Waals surface area contributed by atoms with Gasteiger partial charge in [-0.1, -0.05) is 25.1 Å². The summed E-state index contributed by atoms with van der Waals surface area (Å²) in [5, 5.41) is 0. The van der Waals surface area contributed by atoms with Crippen molar-refractivity contribution in [3.05, 3.63) is 30.3 Å². The van der Waals surface area contributed by atoms with Crippen LogP contribution in [0.2, 0.25) is 0 Å². The maximum Gasteiger partial charge on any atom is 0.235 e. The number of β-lactam (4-membered cyclic amide) rings is 1. The largest absolute Gasteiger partial charge is 0.342 e. The first-order valence-electron chi connectivity index (χ1n) is 8.26. The number of para-hydroxylation sites is 1. The smallest absolute Gasteiger partial charge is 0.235 e. The van der Waals surface area contributed by atoms with Crippen molar-refractivity contribution in [2.24, 2.45) is 17.3 Å². The Morgan fingerprint density at radius 2 is 1.82 bits per heavy atom. The number of piperidine rings is 1. The third-order valence-corrected chi connectivity index (χ3v) is 5.69. The van der Waals surface area contributed by atoms with Crippen molar-refractivity contribution >= 4 is 17.5 Å². The molecule has 0 aromatic heterocycles. The number of nitrogens with zero attached hydrogens (tertiary/aromatic N) is 2. The van der Waals surface area contributed by atoms with Crippen molar-refractivity contribution in [3.63, 3.8) is 0 Å². The topological polar surface area (TPSA) is 40.6 Å². The monoisotopic (exact) mass is 298 g/mol. The van der Waals surface area contributed by atoms with Gasteiger partial charge in [0.05, 0.1) is 5.41 Å². The number of carbonyl (C=O) groups excluding carboxylic acids is 2. The molecule has 4 nitrogen and oxygen atoms in total. The first-order chi connectivity index (χ1) is 10.6. The SMILES string of the molecule is C[C@@H]1C[C@@H]1C(=O)N1CCC2(CC1)CN(c1ccccc1)C2=O. The molecule has 116 valence electrons. The van der Waals surface area contributed by atoms with Crippen LogP contribution in [0.3, 0.4) is 0 Å². The molecule has 3 fully saturated rings. The Labute approximate surface area is 131 Å². The number of likely N-dealkylation sites (tertiary alicyclic amines) is 1. The molecule has 0 N–H and O–H groups in total. The molecule has 0 radical (unpaired) electrons. The molecule has 3 aliphatic rings. The molecule has 1 aliphatic carbocycles. The Hall–Kier alpha value is -1.84. The van der Waals surface area contributed by atoms with Crippen molar-refractivity contribution in [3.8, 4) is 0 Å². The number of carbonyl (C=O) groups is 2. The fourth-order valence-corrected chi connectivity index (χ4v) is 3.88. The van der Waals surface area contributed by atoms with Gasteiger partial charge in [-0.2, -0.15) is 0 Å². The zero-order chi connectivity index (χ0) is 15.3. The second-order valence-electron chi connectivity index (χ2n) is 7.15. The number of hydrogen-bond donors (Lipinski definition) is 0. The molecule has 4 heteroatoms. The van der Waals surface area contributed by atoms with Gasteiger partial charge < -0.3 is 9.80 Å². The van der Waals surface area contributed by atoms with Crippen molar-refractivity contribution in [2.75, 3.05) is 24.5 Å². The number of benzene rings is 1. The van der Waals surface area contributed by atoms with Gasteiger partial charge in [0.2, 0.25) is 11.8 Å². The fourth-order valence-electron chi connectivity index (χ4n) is 3.88. The van der Waals surface area contributed by atoms with Crippen LogP contribution < -0.4 is 4.90 Å². The molecular formula is C18H22N2O2. The van der Waals surface area contributed by atoms with Gasteiger partial charge in [0, 0.05) is 31.2 Å². The molecule has 0 unspecified atom stereocenters. The van der Waals surface area contributed by atoms with E-state index < -0.39 is 0 Å². The first-order valence-corrected chi connectivity index (χ1v) is 8.26. The molecule has 1 spiro atoms. The van der Waals surface area contributed by atoms with Crippen LogP contribution >= 0.6 is 0 Å². The molecule has 2 saturated heterocycles. The summed E-state index contributed by atoms with van der Waals surface area (Å²) in [7, 11) is 0. The number of rotatable bonds is 2. The summed E-state index contributed by atoms with van der Waals surface area (Å²) in [5.41, 5.74) is 0.783. The minimum Gasteiger partial charge on any atom is -0.342 e. The average Bonchev–Trinajstić information content (AvgIpc) is 3.30. The Bertz CT molecular complexity index is 605. The lowest BCUT2D eigenvalue weighted by molar-refractivity contribution is -0.144. The highest BCUT2D eigenvalue weighted by Crippen LogP contribution is 2.45. The molecule has 2 amide bonds. The minimum absolute atomic E-state index is 0.207. The van der Waals surface area contributed by atoms with E-state index in [4.69, 9.17) is 0 Å². The molecule has 2 aliphatic heterocycles. The van der Waals surface area contributed by atoms with E-state index in [0.717, 1.165) is 44.6 Å². The van der Waals surface area contributed by atoms with Gasteiger partial charge in [-0.15, -0.1) is 0 Å². The van der Waals surface area contributed by atoms with Crippen LogP contribution in [0.15, 0.2) is 30.3 Å². The Morgan fingerprint density at radius 3 is 2.36 bits per heavy atom. The Balaban J connectivity index is 1.38. The van der Waals surface area contributed by atoms with Gasteiger partial charge in [-0.25, -0.2) is 0 Å². The minimum atomic E-state index is -0.207. The zero-order valence-electron chi connectivity index (χ0n) is 13.0. The van der Waals surface area contributed by atoms with Crippen LogP contribution in [0.4, 0.5) is 5.69 Å². The summed E-state index contributed by atoms with van der Waals surface area (Å²) < 4.78 is 0. The van der Waals surface area contributed by atoms with E-state index in [9.17, 15) is 9.59 Å². The number of hydrogen-bond acceptors (Lipinski definition) is 2. The highest BCUT2D eigenvalue weighted by atomic mass is 16.2. The molecule has 0 bridgehead atoms. The van der Waals surface area contributed by atoms with Gasteiger partial charge >= 0.3 is 0 Å². The summed E-state index contributed by atoms with van der Waals surface area (Å²) in [5.74, 6) is 1.37. The van der Waals surface area contributed by atoms with Gasteiger partial charge in [0.1, 0.15) is 0 Å². The maximum atomic E-state index is 12.6. The standard InChI is InChI=1S/C18H22N2O2/c1-13-11-15(13)16(21)19-9-7-18(8-10-19)12-20(17(18)22)14-5-3-2-4-6-14/h2-6,13,15H,7-12H2,1H3/t13-,15+/m1/s1. The van der Waals surface area contributed by atoms with E-state index >= 15 is 0 Å². The van der Waals surface area contributed by atoms with Crippen LogP contribution in [0.25, 0.3) is 0 Å². The second-order valence-corrected chi connectivity index (χ2v) is 7.15. The van der Waals surface area contributed by atoms with Gasteiger partial charge in [-0.05, 0) is 37.3 Å². The maximum absolute atomic E-state index is 12.6. The molecule has 22 heavy (non-hydrogen) atoms. The highest BCUT2D eigenvalue weighted by molar-refractivity contribution is 6.04. The van der Waals surface area contributed by atoms with Crippen molar-refractivity contribution in [2.45, 2.75) is 26.2 Å². The summed E-state index contributed by atoms with van der Waals surface area (Å²) in [6.07, 6.45) is 2.69. The number of amides is 2. The number of anilines is 1. The van der Waals surface area contributed by atoms with Crippen molar-refractivity contribution < 1.29 is 9.59 Å². The van der Waals surface area contributed by atoms with Gasteiger partial charge in [0.15, 0.2) is 0 Å². The van der Waals surface area contributed by atoms with Crippen LogP contribution in [-0.4, -0.2) is 36.3 Å². The molecule has 1 aromatic carbocycles. The third-order valence-electron chi connectivity index (χ3n) is 5.69. The second kappa shape index (κ2) is 4.83. The lowest BCUT2D eigenvalue weighted by Gasteiger charge is -2.52. The summed E-state index contributed by atoms with van der Waals surface area (Å²) in [4.78, 5) is 28.8. The van der Waals surface area contributed by atoms with Gasteiger partial charge in [0.25, 0.3) is 0 Å². The fraction of sp³-hybridized carbons (Fsp3) is 0.556. The zero-order valence-corrected chi connectivity index (χ0v) is 13.0. The Morgan fingerprint density at radius 1 is 1.18 bits per heavy atom. The van der Waals surface area contributed by atoms with Crippen LogP contribution in [0.1, 0.15) is 26.2 Å². The van der Waals surface area contributed by atoms with Crippen LogP contribution in [0.5, 0.6) is 0 Å². The van der Waals surface area contributed by atoms with Gasteiger partial charge in [-0.3, -0.25) is 9.59 Å². The Kier molecular flexibility index (Phi) is 3.03. The quantitative estimate of drug-likeness (QED) is 0.786. The normalized spacial score (nSPS) is 29.4. The van der Waals surface area contributed by atoms with Crippen molar-refractivity contribution in [1.29, 1.82) is 0 Å². The summed E-state index contributed by atoms with van der Waals surface area (Å²) >= 11 is 0. The molecule has 4 rings (SSSR count). The van der Waals surface area contributed by atoms with E-state index in [1.807, 2.05) is 40.1 Å². The van der Waals surface area contributed by atoms with Crippen LogP contribution in [-0.2, 0) is 9.59 Å². The molecule has 1 saturated carbocycles. The van der Waals surface area contributed by atoms with E-state index in [1.54, 1.807) is 0 Å². The predicted molar refractivity (Wildman–Crippen MR) is 84.3 cm³/mol. The average molecular weight is 298 g/mol.